The minimum Gasteiger partial charge on any atom is -0.341 e. The summed E-state index contributed by atoms with van der Waals surface area (Å²) in [6, 6.07) is 10.7. The molecule has 1 saturated heterocycles. The second kappa shape index (κ2) is 10.5. The lowest BCUT2D eigenvalue weighted by Crippen LogP contribution is -2.44. The van der Waals surface area contributed by atoms with Gasteiger partial charge in [0.05, 0.1) is 13.1 Å². The fourth-order valence-electron chi connectivity index (χ4n) is 4.98. The highest BCUT2D eigenvalue weighted by Gasteiger charge is 2.27. The van der Waals surface area contributed by atoms with Crippen LogP contribution >= 0.6 is 0 Å². The van der Waals surface area contributed by atoms with Crippen LogP contribution in [0.3, 0.4) is 0 Å². The van der Waals surface area contributed by atoms with Crippen LogP contribution in [0.5, 0.6) is 0 Å². The van der Waals surface area contributed by atoms with Gasteiger partial charge >= 0.3 is 5.69 Å². The molecular formula is C28H29N7O3. The zero-order chi connectivity index (χ0) is 26.8. The van der Waals surface area contributed by atoms with Gasteiger partial charge < -0.3 is 10.6 Å². The lowest BCUT2D eigenvalue weighted by molar-refractivity contribution is 0.0969. The van der Waals surface area contributed by atoms with E-state index in [0.29, 0.717) is 23.6 Å². The topological polar surface area (TPSA) is 121 Å². The van der Waals surface area contributed by atoms with Crippen LogP contribution in [0.1, 0.15) is 30.1 Å². The molecule has 1 aromatic carbocycles. The van der Waals surface area contributed by atoms with Gasteiger partial charge in [-0.2, -0.15) is 4.98 Å². The summed E-state index contributed by atoms with van der Waals surface area (Å²) in [4.78, 5) is 51.4. The van der Waals surface area contributed by atoms with Gasteiger partial charge in [0.1, 0.15) is 0 Å². The second-order valence-corrected chi connectivity index (χ2v) is 9.38. The molecule has 1 atom stereocenters. The zero-order valence-corrected chi connectivity index (χ0v) is 21.4. The summed E-state index contributed by atoms with van der Waals surface area (Å²) in [6.45, 7) is 2.87. The van der Waals surface area contributed by atoms with E-state index < -0.39 is 17.8 Å². The Morgan fingerprint density at radius 1 is 1.13 bits per heavy atom. The zero-order valence-electron chi connectivity index (χ0n) is 21.4. The highest BCUT2D eigenvalue weighted by atomic mass is 16.2. The van der Waals surface area contributed by atoms with Gasteiger partial charge in [0.25, 0.3) is 5.56 Å². The Labute approximate surface area is 219 Å². The van der Waals surface area contributed by atoms with Crippen molar-refractivity contribution in [2.45, 2.75) is 38.9 Å². The van der Waals surface area contributed by atoms with Gasteiger partial charge in [-0.05, 0) is 43.0 Å². The third kappa shape index (κ3) is 4.53. The summed E-state index contributed by atoms with van der Waals surface area (Å²) in [5.41, 5.74) is 7.47. The highest BCUT2D eigenvalue weighted by Crippen LogP contribution is 2.25. The largest absolute Gasteiger partial charge is 0.341 e. The Balaban J connectivity index is 1.63. The Hall–Kier alpha value is -4.49. The highest BCUT2D eigenvalue weighted by molar-refractivity contribution is 6.02. The number of ketones is 1. The number of hydrogen-bond donors (Lipinski definition) is 1. The van der Waals surface area contributed by atoms with E-state index in [0.717, 1.165) is 29.5 Å². The van der Waals surface area contributed by atoms with Crippen molar-refractivity contribution >= 4 is 22.9 Å². The summed E-state index contributed by atoms with van der Waals surface area (Å²) in [7, 11) is 1.56. The molecule has 0 spiro atoms. The molecule has 4 aromatic rings. The predicted octanol–water partition coefficient (Wildman–Crippen LogP) is 1.79. The molecule has 0 aliphatic carbocycles. The fraction of sp³-hybridized carbons (Fsp3) is 0.321. The number of benzene rings is 1. The lowest BCUT2D eigenvalue weighted by atomic mass is 9.98. The summed E-state index contributed by atoms with van der Waals surface area (Å²) >= 11 is 0. The standard InChI is InChI=1S/C28H29N7O3/c1-3-4-16-34-24-25(31-27(34)33-15-7-8-20(29)17-33)32(2)28(38)35(26(24)37)18-23(36)22-10-6-5-9-21(22)19-11-13-30-14-12-19/h5-6,9-14,20H,7-8,15-18,29H2,1-2H3/t20-/m1/s1. The van der Waals surface area contributed by atoms with Crippen LogP contribution in [0.15, 0.2) is 58.4 Å². The number of imidazole rings is 1. The van der Waals surface area contributed by atoms with Crippen LogP contribution in [-0.4, -0.2) is 48.6 Å². The molecule has 10 heteroatoms. The number of pyridine rings is 1. The minimum atomic E-state index is -0.606. The van der Waals surface area contributed by atoms with Crippen molar-refractivity contribution in [3.05, 3.63) is 75.2 Å². The van der Waals surface area contributed by atoms with E-state index in [9.17, 15) is 14.4 Å². The van der Waals surface area contributed by atoms with Gasteiger partial charge in [0.2, 0.25) is 5.95 Å². The Morgan fingerprint density at radius 3 is 2.63 bits per heavy atom. The van der Waals surface area contributed by atoms with E-state index in [1.165, 1.54) is 4.57 Å². The number of nitrogens with zero attached hydrogens (tertiary/aromatic N) is 6. The molecule has 10 nitrogen and oxygen atoms in total. The van der Waals surface area contributed by atoms with E-state index in [2.05, 4.69) is 16.8 Å². The molecule has 2 N–H and O–H groups in total. The number of carbonyl (C=O) groups is 1. The molecule has 1 aliphatic rings. The third-order valence-electron chi connectivity index (χ3n) is 6.89. The van der Waals surface area contributed by atoms with E-state index >= 15 is 0 Å². The summed E-state index contributed by atoms with van der Waals surface area (Å²) in [5.74, 6) is 6.08. The quantitative estimate of drug-likeness (QED) is 0.309. The van der Waals surface area contributed by atoms with Crippen LogP contribution in [0.25, 0.3) is 22.3 Å². The SMILES string of the molecule is CC#CCn1c(N2CCC[C@@H](N)C2)nc2c1c(=O)n(CC(=O)c1ccccc1-c1ccncc1)c(=O)n2C. The molecular weight excluding hydrogens is 482 g/mol. The maximum atomic E-state index is 13.8. The van der Waals surface area contributed by atoms with Gasteiger partial charge in [-0.25, -0.2) is 4.79 Å². The number of aryl methyl sites for hydroxylation is 1. The molecule has 4 heterocycles. The van der Waals surface area contributed by atoms with Gasteiger partial charge in [-0.3, -0.25) is 28.3 Å². The average molecular weight is 512 g/mol. The first kappa shape index (κ1) is 25.2. The van der Waals surface area contributed by atoms with Crippen LogP contribution < -0.4 is 21.9 Å². The lowest BCUT2D eigenvalue weighted by Gasteiger charge is -2.31. The number of fused-ring (bicyclic) bond motifs is 1. The molecule has 38 heavy (non-hydrogen) atoms. The average Bonchev–Trinajstić information content (AvgIpc) is 3.33. The second-order valence-electron chi connectivity index (χ2n) is 9.38. The molecule has 0 amide bonds. The first-order chi connectivity index (χ1) is 18.4. The number of carbonyl (C=O) groups excluding carboxylic acids is 1. The van der Waals surface area contributed by atoms with Crippen molar-refractivity contribution < 1.29 is 4.79 Å². The first-order valence-electron chi connectivity index (χ1n) is 12.5. The maximum absolute atomic E-state index is 13.8. The number of nitrogens with two attached hydrogens (primary N) is 1. The smallest absolute Gasteiger partial charge is 0.332 e. The fourth-order valence-corrected chi connectivity index (χ4v) is 4.98. The van der Waals surface area contributed by atoms with Crippen LogP contribution in [0.2, 0.25) is 0 Å². The van der Waals surface area contributed by atoms with Gasteiger partial charge in [0, 0.05) is 44.1 Å². The molecule has 0 saturated carbocycles. The number of anilines is 1. The maximum Gasteiger partial charge on any atom is 0.332 e. The van der Waals surface area contributed by atoms with Crippen molar-refractivity contribution in [2.24, 2.45) is 12.8 Å². The van der Waals surface area contributed by atoms with Crippen LogP contribution in [0, 0.1) is 11.8 Å². The summed E-state index contributed by atoms with van der Waals surface area (Å²) in [5, 5.41) is 0. The normalized spacial score (nSPS) is 15.3. The Kier molecular flexibility index (Phi) is 6.94. The van der Waals surface area contributed by atoms with Crippen LogP contribution in [-0.2, 0) is 20.1 Å². The molecule has 5 rings (SSSR count). The predicted molar refractivity (Wildman–Crippen MR) is 146 cm³/mol. The molecule has 1 aliphatic heterocycles. The van der Waals surface area contributed by atoms with E-state index in [1.54, 1.807) is 43.1 Å². The molecule has 194 valence electrons. The Bertz CT molecular complexity index is 1690. The summed E-state index contributed by atoms with van der Waals surface area (Å²) in [6.07, 6.45) is 5.12. The number of Topliss-reactive ketones (excluding diaryl/α,β-unsaturated/α-hetero) is 1. The van der Waals surface area contributed by atoms with E-state index in [1.807, 2.05) is 29.2 Å². The molecule has 0 radical (unpaired) electrons. The van der Waals surface area contributed by atoms with E-state index in [4.69, 9.17) is 10.7 Å². The van der Waals surface area contributed by atoms with E-state index in [-0.39, 0.29) is 29.5 Å². The molecule has 3 aromatic heterocycles. The van der Waals surface area contributed by atoms with Crippen LogP contribution in [0.4, 0.5) is 5.95 Å². The van der Waals surface area contributed by atoms with Crippen molar-refractivity contribution in [1.82, 2.24) is 23.7 Å². The molecule has 1 fully saturated rings. The number of hydrogen-bond acceptors (Lipinski definition) is 7. The van der Waals surface area contributed by atoms with Crippen molar-refractivity contribution in [3.8, 4) is 23.0 Å². The molecule has 0 bridgehead atoms. The minimum absolute atomic E-state index is 0.00663. The summed E-state index contributed by atoms with van der Waals surface area (Å²) < 4.78 is 4.04. The number of piperidine rings is 1. The number of rotatable bonds is 6. The third-order valence-corrected chi connectivity index (χ3v) is 6.89. The first-order valence-corrected chi connectivity index (χ1v) is 12.5. The monoisotopic (exact) mass is 511 g/mol. The van der Waals surface area contributed by atoms with Gasteiger partial charge in [-0.15, -0.1) is 5.92 Å². The van der Waals surface area contributed by atoms with Crippen molar-refractivity contribution in [1.29, 1.82) is 0 Å². The number of aromatic nitrogens is 5. The van der Waals surface area contributed by atoms with Gasteiger partial charge in [0.15, 0.2) is 16.9 Å². The molecule has 0 unspecified atom stereocenters. The van der Waals surface area contributed by atoms with Crippen molar-refractivity contribution in [3.63, 3.8) is 0 Å². The van der Waals surface area contributed by atoms with Crippen molar-refractivity contribution in [2.75, 3.05) is 18.0 Å². The van der Waals surface area contributed by atoms with Gasteiger partial charge in [-0.1, -0.05) is 30.2 Å². The Morgan fingerprint density at radius 2 is 1.89 bits per heavy atom.